The van der Waals surface area contributed by atoms with Crippen molar-refractivity contribution in [3.8, 4) is 6.07 Å². The summed E-state index contributed by atoms with van der Waals surface area (Å²) < 4.78 is 0. The van der Waals surface area contributed by atoms with Crippen molar-refractivity contribution in [3.05, 3.63) is 56.8 Å². The summed E-state index contributed by atoms with van der Waals surface area (Å²) in [5.41, 5.74) is 2.16. The number of nitrogens with one attached hydrogen (secondary N) is 1. The van der Waals surface area contributed by atoms with E-state index in [4.69, 9.17) is 5.26 Å². The van der Waals surface area contributed by atoms with Crippen LogP contribution in [0.5, 0.6) is 0 Å². The van der Waals surface area contributed by atoms with E-state index in [2.05, 4.69) is 25.2 Å². The van der Waals surface area contributed by atoms with E-state index in [1.165, 1.54) is 9.75 Å². The summed E-state index contributed by atoms with van der Waals surface area (Å²) in [6.45, 7) is 6.10. The van der Waals surface area contributed by atoms with Gasteiger partial charge in [-0.25, -0.2) is 0 Å². The molecule has 3 nitrogen and oxygen atoms in total. The number of hydrogen-bond donors (Lipinski definition) is 1. The number of carbonyl (C=O) groups excluding carboxylic acids is 1. The number of carbonyl (C=O) groups is 1. The lowest BCUT2D eigenvalue weighted by molar-refractivity contribution is 0.0940. The molecule has 0 saturated carbocycles. The molecular weight excluding hydrogens is 268 g/mol. The van der Waals surface area contributed by atoms with Crippen molar-refractivity contribution in [1.82, 2.24) is 5.32 Å². The fraction of sp³-hybridized carbons (Fsp3) is 0.250. The standard InChI is InChI=1S/C16H16N2OS/c1-10-7-15(12(3)20-10)11(2)18-16(19)14-6-4-5-13(8-14)9-17/h4-8,11H,1-3H3,(H,18,19)/t11-/m1/s1. The summed E-state index contributed by atoms with van der Waals surface area (Å²) in [4.78, 5) is 14.7. The Morgan fingerprint density at radius 2 is 2.10 bits per heavy atom. The Hall–Kier alpha value is -2.12. The van der Waals surface area contributed by atoms with Crippen molar-refractivity contribution in [1.29, 1.82) is 5.26 Å². The second-order valence-corrected chi connectivity index (χ2v) is 6.22. The first-order valence-corrected chi connectivity index (χ1v) is 7.21. The number of rotatable bonds is 3. The monoisotopic (exact) mass is 284 g/mol. The first kappa shape index (κ1) is 14.3. The molecule has 20 heavy (non-hydrogen) atoms. The molecule has 0 aliphatic rings. The Labute approximate surface area is 122 Å². The van der Waals surface area contributed by atoms with E-state index in [9.17, 15) is 4.79 Å². The van der Waals surface area contributed by atoms with Crippen LogP contribution in [0.4, 0.5) is 0 Å². The number of thiophene rings is 1. The highest BCUT2D eigenvalue weighted by atomic mass is 32.1. The predicted octanol–water partition coefficient (Wildman–Crippen LogP) is 3.73. The molecule has 0 spiro atoms. The Kier molecular flexibility index (Phi) is 4.21. The van der Waals surface area contributed by atoms with Crippen LogP contribution in [0.2, 0.25) is 0 Å². The van der Waals surface area contributed by atoms with Crippen molar-refractivity contribution in [2.75, 3.05) is 0 Å². The lowest BCUT2D eigenvalue weighted by Crippen LogP contribution is -2.26. The fourth-order valence-corrected chi connectivity index (χ4v) is 3.19. The maximum atomic E-state index is 12.2. The normalized spacial score (nSPS) is 11.7. The van der Waals surface area contributed by atoms with Gasteiger partial charge in [0.1, 0.15) is 0 Å². The van der Waals surface area contributed by atoms with Gasteiger partial charge < -0.3 is 5.32 Å². The van der Waals surface area contributed by atoms with Gasteiger partial charge in [-0.3, -0.25) is 4.79 Å². The van der Waals surface area contributed by atoms with Crippen LogP contribution < -0.4 is 5.32 Å². The van der Waals surface area contributed by atoms with Crippen LogP contribution in [-0.4, -0.2) is 5.91 Å². The molecule has 102 valence electrons. The van der Waals surface area contributed by atoms with Crippen molar-refractivity contribution >= 4 is 17.2 Å². The van der Waals surface area contributed by atoms with Crippen LogP contribution in [0, 0.1) is 25.2 Å². The second kappa shape index (κ2) is 5.89. The maximum Gasteiger partial charge on any atom is 0.251 e. The Morgan fingerprint density at radius 3 is 2.70 bits per heavy atom. The van der Waals surface area contributed by atoms with Crippen molar-refractivity contribution in [3.63, 3.8) is 0 Å². The number of nitrogens with zero attached hydrogens (tertiary/aromatic N) is 1. The summed E-state index contributed by atoms with van der Waals surface area (Å²) >= 11 is 1.73. The zero-order chi connectivity index (χ0) is 14.7. The molecule has 0 fully saturated rings. The van der Waals surface area contributed by atoms with Gasteiger partial charge >= 0.3 is 0 Å². The largest absolute Gasteiger partial charge is 0.345 e. The minimum absolute atomic E-state index is 0.0433. The van der Waals surface area contributed by atoms with Gasteiger partial charge in [0.2, 0.25) is 0 Å². The minimum Gasteiger partial charge on any atom is -0.345 e. The SMILES string of the molecule is Cc1cc([C@@H](C)NC(=O)c2cccc(C#N)c2)c(C)s1. The molecule has 0 saturated heterocycles. The lowest BCUT2D eigenvalue weighted by Gasteiger charge is -2.14. The van der Waals surface area contributed by atoms with Gasteiger partial charge in [0.25, 0.3) is 5.91 Å². The van der Waals surface area contributed by atoms with Crippen LogP contribution in [0.25, 0.3) is 0 Å². The first-order chi connectivity index (χ1) is 9.51. The smallest absolute Gasteiger partial charge is 0.251 e. The summed E-state index contributed by atoms with van der Waals surface area (Å²) in [6, 6.07) is 10.8. The van der Waals surface area contributed by atoms with Gasteiger partial charge in [0.15, 0.2) is 0 Å². The molecule has 0 radical (unpaired) electrons. The third-order valence-electron chi connectivity index (χ3n) is 3.15. The highest BCUT2D eigenvalue weighted by molar-refractivity contribution is 7.12. The van der Waals surface area contributed by atoms with E-state index in [1.807, 2.05) is 13.0 Å². The average Bonchev–Trinajstić information content (AvgIpc) is 2.77. The number of benzene rings is 1. The number of aryl methyl sites for hydroxylation is 2. The van der Waals surface area contributed by atoms with Crippen molar-refractivity contribution in [2.24, 2.45) is 0 Å². The van der Waals surface area contributed by atoms with Crippen molar-refractivity contribution in [2.45, 2.75) is 26.8 Å². The molecule has 2 aromatic rings. The third-order valence-corrected chi connectivity index (χ3v) is 4.13. The van der Waals surface area contributed by atoms with Gasteiger partial charge in [0.05, 0.1) is 17.7 Å². The third kappa shape index (κ3) is 3.06. The van der Waals surface area contributed by atoms with Gasteiger partial charge in [-0.05, 0) is 50.6 Å². The van der Waals surface area contributed by atoms with Crippen LogP contribution in [0.3, 0.4) is 0 Å². The molecule has 1 amide bonds. The summed E-state index contributed by atoms with van der Waals surface area (Å²) in [7, 11) is 0. The first-order valence-electron chi connectivity index (χ1n) is 6.39. The molecule has 1 N–H and O–H groups in total. The Bertz CT molecular complexity index is 682. The van der Waals surface area contributed by atoms with E-state index in [1.54, 1.807) is 35.6 Å². The second-order valence-electron chi connectivity index (χ2n) is 4.76. The van der Waals surface area contributed by atoms with E-state index in [0.29, 0.717) is 11.1 Å². The summed E-state index contributed by atoms with van der Waals surface area (Å²) in [6.07, 6.45) is 0. The minimum atomic E-state index is -0.155. The lowest BCUT2D eigenvalue weighted by atomic mass is 10.1. The van der Waals surface area contributed by atoms with E-state index < -0.39 is 0 Å². The fourth-order valence-electron chi connectivity index (χ4n) is 2.17. The van der Waals surface area contributed by atoms with Gasteiger partial charge in [-0.1, -0.05) is 6.07 Å². The van der Waals surface area contributed by atoms with E-state index in [-0.39, 0.29) is 11.9 Å². The van der Waals surface area contributed by atoms with Gasteiger partial charge in [-0.2, -0.15) is 5.26 Å². The molecule has 1 aromatic carbocycles. The molecule has 4 heteroatoms. The van der Waals surface area contributed by atoms with E-state index in [0.717, 1.165) is 5.56 Å². The van der Waals surface area contributed by atoms with Gasteiger partial charge in [0, 0.05) is 15.3 Å². The summed E-state index contributed by atoms with van der Waals surface area (Å²) in [5, 5.41) is 11.8. The predicted molar refractivity (Wildman–Crippen MR) is 80.8 cm³/mol. The molecular formula is C16H16N2OS. The molecule has 0 bridgehead atoms. The molecule has 0 aliphatic carbocycles. The molecule has 2 rings (SSSR count). The van der Waals surface area contributed by atoms with Gasteiger partial charge in [-0.15, -0.1) is 11.3 Å². The summed E-state index contributed by atoms with van der Waals surface area (Å²) in [5.74, 6) is -0.155. The maximum absolute atomic E-state index is 12.2. The number of amides is 1. The topological polar surface area (TPSA) is 52.9 Å². The van der Waals surface area contributed by atoms with Crippen LogP contribution >= 0.6 is 11.3 Å². The highest BCUT2D eigenvalue weighted by Gasteiger charge is 2.15. The zero-order valence-electron chi connectivity index (χ0n) is 11.7. The molecule has 0 unspecified atom stereocenters. The Morgan fingerprint density at radius 1 is 1.35 bits per heavy atom. The molecule has 1 atom stereocenters. The molecule has 1 heterocycles. The quantitative estimate of drug-likeness (QED) is 0.933. The zero-order valence-corrected chi connectivity index (χ0v) is 12.5. The molecule has 0 aliphatic heterocycles. The van der Waals surface area contributed by atoms with Crippen molar-refractivity contribution < 1.29 is 4.79 Å². The highest BCUT2D eigenvalue weighted by Crippen LogP contribution is 2.26. The van der Waals surface area contributed by atoms with Crippen LogP contribution in [-0.2, 0) is 0 Å². The van der Waals surface area contributed by atoms with E-state index >= 15 is 0 Å². The Balaban J connectivity index is 2.15. The average molecular weight is 284 g/mol. The number of hydrogen-bond acceptors (Lipinski definition) is 3. The van der Waals surface area contributed by atoms with Crippen LogP contribution in [0.15, 0.2) is 30.3 Å². The van der Waals surface area contributed by atoms with Crippen LogP contribution in [0.1, 0.15) is 44.2 Å². The molecule has 1 aromatic heterocycles. The number of nitriles is 1.